The zero-order valence-corrected chi connectivity index (χ0v) is 21.0. The number of tetrazole rings is 1. The number of carbonyl (C=O) groups is 1. The summed E-state index contributed by atoms with van der Waals surface area (Å²) in [5.41, 5.74) is 4.83. The first-order valence-electron chi connectivity index (χ1n) is 11.9. The first-order chi connectivity index (χ1) is 18.5. The van der Waals surface area contributed by atoms with Crippen molar-refractivity contribution in [2.24, 2.45) is 0 Å². The van der Waals surface area contributed by atoms with Crippen LogP contribution < -0.4 is 5.32 Å². The van der Waals surface area contributed by atoms with Crippen molar-refractivity contribution >= 4 is 5.91 Å². The van der Waals surface area contributed by atoms with Gasteiger partial charge in [-0.05, 0) is 46.2 Å². The van der Waals surface area contributed by atoms with Gasteiger partial charge in [0, 0.05) is 31.6 Å². The molecule has 5 rings (SSSR count). The zero-order chi connectivity index (χ0) is 26.5. The van der Waals surface area contributed by atoms with Gasteiger partial charge in [0.25, 0.3) is 5.91 Å². The van der Waals surface area contributed by atoms with E-state index in [0.29, 0.717) is 30.0 Å². The van der Waals surface area contributed by atoms with Gasteiger partial charge in [-0.1, -0.05) is 30.3 Å². The Morgan fingerprint density at radius 3 is 2.47 bits per heavy atom. The Labute approximate surface area is 217 Å². The number of nitrogens with zero attached hydrogens (tertiary/aromatic N) is 8. The van der Waals surface area contributed by atoms with Crippen molar-refractivity contribution in [2.45, 2.75) is 33.2 Å². The molecule has 1 N–H and O–H groups in total. The Hall–Kier alpha value is -4.71. The van der Waals surface area contributed by atoms with Crippen LogP contribution in [-0.4, -0.2) is 52.8 Å². The Morgan fingerprint density at radius 1 is 1.05 bits per heavy atom. The monoisotopic (exact) mass is 515 g/mol. The summed E-state index contributed by atoms with van der Waals surface area (Å²) in [4.78, 5) is 13.1. The quantitative estimate of drug-likeness (QED) is 0.304. The summed E-state index contributed by atoms with van der Waals surface area (Å²) in [6, 6.07) is 12.7. The van der Waals surface area contributed by atoms with Crippen molar-refractivity contribution in [1.29, 1.82) is 0 Å². The van der Waals surface area contributed by atoms with Gasteiger partial charge in [0.1, 0.15) is 17.8 Å². The van der Waals surface area contributed by atoms with Crippen LogP contribution in [0.2, 0.25) is 0 Å². The number of rotatable bonds is 10. The molecule has 0 aliphatic heterocycles. The van der Waals surface area contributed by atoms with Crippen molar-refractivity contribution in [3.05, 3.63) is 107 Å². The summed E-state index contributed by atoms with van der Waals surface area (Å²) in [5.74, 6) is -0.865. The van der Waals surface area contributed by atoms with E-state index in [9.17, 15) is 9.18 Å². The van der Waals surface area contributed by atoms with Gasteiger partial charge in [0.2, 0.25) is 0 Å². The maximum atomic E-state index is 14.6. The normalized spacial score (nSPS) is 11.1. The molecule has 0 unspecified atom stereocenters. The number of hydrogen-bond donors (Lipinski definition) is 1. The van der Waals surface area contributed by atoms with E-state index in [2.05, 4.69) is 43.2 Å². The van der Waals surface area contributed by atoms with Crippen molar-refractivity contribution in [1.82, 2.24) is 45.1 Å². The van der Waals surface area contributed by atoms with Crippen LogP contribution in [0.25, 0.3) is 5.69 Å². The fourth-order valence-electron chi connectivity index (χ4n) is 4.13. The van der Waals surface area contributed by atoms with E-state index in [4.69, 9.17) is 4.74 Å². The highest BCUT2D eigenvalue weighted by Crippen LogP contribution is 2.18. The standard InChI is InChI=1S/C26H26FN9O2/c1-18-10-30-34(12-18)13-19-6-8-20(9-7-19)14-35-15-22(24(31-35)16-38-2)26(37)28-11-21-23(27)4-3-5-25(21)36-17-29-32-33-36/h3-10,12,15,17H,11,13-14,16H2,1-2H3,(H,28,37). The topological polar surface area (TPSA) is 118 Å². The Morgan fingerprint density at radius 2 is 1.82 bits per heavy atom. The van der Waals surface area contributed by atoms with Crippen molar-refractivity contribution in [2.75, 3.05) is 7.11 Å². The summed E-state index contributed by atoms with van der Waals surface area (Å²) in [5, 5.41) is 22.7. The molecule has 3 heterocycles. The minimum Gasteiger partial charge on any atom is -0.378 e. The minimum atomic E-state index is -0.475. The van der Waals surface area contributed by atoms with Gasteiger partial charge in [-0.3, -0.25) is 14.2 Å². The predicted molar refractivity (Wildman–Crippen MR) is 135 cm³/mol. The van der Waals surface area contributed by atoms with Crippen molar-refractivity contribution < 1.29 is 13.9 Å². The SMILES string of the molecule is COCc1nn(Cc2ccc(Cn3cc(C)cn3)cc2)cc1C(=O)NCc1c(F)cccc1-n1cnnn1. The third-order valence-corrected chi connectivity index (χ3v) is 5.95. The van der Waals surface area contributed by atoms with Crippen molar-refractivity contribution in [3.8, 4) is 5.69 Å². The summed E-state index contributed by atoms with van der Waals surface area (Å²) >= 11 is 0. The number of benzene rings is 2. The number of amides is 1. The summed E-state index contributed by atoms with van der Waals surface area (Å²) < 4.78 is 24.8. The molecule has 0 saturated heterocycles. The molecule has 0 bridgehead atoms. The second kappa shape index (κ2) is 11.1. The number of hydrogen-bond acceptors (Lipinski definition) is 7. The van der Waals surface area contributed by atoms with E-state index >= 15 is 0 Å². The average molecular weight is 516 g/mol. The number of carbonyl (C=O) groups excluding carboxylic acids is 1. The second-order valence-electron chi connectivity index (χ2n) is 8.83. The molecule has 3 aromatic heterocycles. The maximum Gasteiger partial charge on any atom is 0.255 e. The van der Waals surface area contributed by atoms with Gasteiger partial charge in [-0.25, -0.2) is 9.07 Å². The molecule has 0 aliphatic rings. The highest BCUT2D eigenvalue weighted by atomic mass is 19.1. The molecular weight excluding hydrogens is 489 g/mol. The lowest BCUT2D eigenvalue weighted by atomic mass is 10.1. The third-order valence-electron chi connectivity index (χ3n) is 5.95. The second-order valence-corrected chi connectivity index (χ2v) is 8.83. The Balaban J connectivity index is 1.28. The van der Waals surface area contributed by atoms with E-state index in [0.717, 1.165) is 16.7 Å². The van der Waals surface area contributed by atoms with E-state index in [1.807, 2.05) is 36.1 Å². The molecule has 38 heavy (non-hydrogen) atoms. The fourth-order valence-corrected chi connectivity index (χ4v) is 4.13. The Bertz CT molecular complexity index is 1520. The highest BCUT2D eigenvalue weighted by Gasteiger charge is 2.19. The molecule has 0 atom stereocenters. The van der Waals surface area contributed by atoms with Crippen molar-refractivity contribution in [3.63, 3.8) is 0 Å². The number of halogens is 1. The van der Waals surface area contributed by atoms with Crippen LogP contribution in [-0.2, 0) is 31.0 Å². The average Bonchev–Trinajstić information content (AvgIpc) is 3.67. The van der Waals surface area contributed by atoms with E-state index in [1.54, 1.807) is 23.0 Å². The number of ether oxygens (including phenoxy) is 1. The molecule has 0 radical (unpaired) electrons. The molecule has 0 fully saturated rings. The van der Waals surface area contributed by atoms with Crippen LogP contribution in [0.5, 0.6) is 0 Å². The smallest absolute Gasteiger partial charge is 0.255 e. The van der Waals surface area contributed by atoms with Gasteiger partial charge in [0.05, 0.1) is 37.1 Å². The molecular formula is C26H26FN9O2. The zero-order valence-electron chi connectivity index (χ0n) is 21.0. The number of aryl methyl sites for hydroxylation is 1. The Kier molecular flexibility index (Phi) is 7.31. The third kappa shape index (κ3) is 5.65. The lowest BCUT2D eigenvalue weighted by Gasteiger charge is -2.11. The van der Waals surface area contributed by atoms with Crippen LogP contribution >= 0.6 is 0 Å². The van der Waals surface area contributed by atoms with Crippen LogP contribution in [0.4, 0.5) is 4.39 Å². The van der Waals surface area contributed by atoms with Crippen LogP contribution in [0.1, 0.15) is 38.3 Å². The fraction of sp³-hybridized carbons (Fsp3) is 0.231. The molecule has 5 aromatic rings. The summed E-state index contributed by atoms with van der Waals surface area (Å²) in [6.45, 7) is 3.28. The number of aromatic nitrogens is 8. The van der Waals surface area contributed by atoms with Gasteiger partial charge < -0.3 is 10.1 Å². The van der Waals surface area contributed by atoms with Crippen LogP contribution in [0.15, 0.2) is 67.4 Å². The highest BCUT2D eigenvalue weighted by molar-refractivity contribution is 5.95. The van der Waals surface area contributed by atoms with Crippen LogP contribution in [0, 0.1) is 12.7 Å². The summed E-state index contributed by atoms with van der Waals surface area (Å²) in [7, 11) is 1.54. The van der Waals surface area contributed by atoms with E-state index in [-0.39, 0.29) is 24.6 Å². The molecule has 11 nitrogen and oxygen atoms in total. The molecule has 12 heteroatoms. The largest absolute Gasteiger partial charge is 0.378 e. The first kappa shape index (κ1) is 25.0. The van der Waals surface area contributed by atoms with E-state index in [1.165, 1.54) is 24.2 Å². The van der Waals surface area contributed by atoms with E-state index < -0.39 is 5.82 Å². The summed E-state index contributed by atoms with van der Waals surface area (Å²) in [6.07, 6.45) is 6.88. The molecule has 1 amide bonds. The molecule has 0 saturated carbocycles. The molecule has 0 spiro atoms. The predicted octanol–water partition coefficient (Wildman–Crippen LogP) is 2.68. The van der Waals surface area contributed by atoms with Gasteiger partial charge in [-0.2, -0.15) is 10.2 Å². The molecule has 2 aromatic carbocycles. The molecule has 194 valence electrons. The van der Waals surface area contributed by atoms with Gasteiger partial charge in [-0.15, -0.1) is 5.10 Å². The van der Waals surface area contributed by atoms with Crippen LogP contribution in [0.3, 0.4) is 0 Å². The van der Waals surface area contributed by atoms with Gasteiger partial charge >= 0.3 is 0 Å². The lowest BCUT2D eigenvalue weighted by Crippen LogP contribution is -2.25. The number of nitrogens with one attached hydrogen (secondary N) is 1. The first-order valence-corrected chi connectivity index (χ1v) is 11.9. The maximum absolute atomic E-state index is 14.6. The number of methoxy groups -OCH3 is 1. The minimum absolute atomic E-state index is 0.0600. The molecule has 0 aliphatic carbocycles. The van der Waals surface area contributed by atoms with Gasteiger partial charge in [0.15, 0.2) is 0 Å². The lowest BCUT2D eigenvalue weighted by molar-refractivity contribution is 0.0945.